The van der Waals surface area contributed by atoms with Gasteiger partial charge in [0.25, 0.3) is 5.91 Å². The van der Waals surface area contributed by atoms with Gasteiger partial charge in [-0.1, -0.05) is 36.4 Å². The second-order valence-electron chi connectivity index (χ2n) is 5.07. The maximum Gasteiger partial charge on any atom is 0.257 e. The van der Waals surface area contributed by atoms with Crippen molar-refractivity contribution in [3.05, 3.63) is 71.3 Å². The Balaban J connectivity index is 2.04. The third-order valence-corrected chi connectivity index (χ3v) is 3.48. The van der Waals surface area contributed by atoms with E-state index in [1.54, 1.807) is 19.2 Å². The summed E-state index contributed by atoms with van der Waals surface area (Å²) in [5.74, 6) is 0.353. The number of phenols is 1. The molecule has 0 saturated heterocycles. The number of carbonyl (C=O) groups is 1. The zero-order valence-corrected chi connectivity index (χ0v) is 13.6. The van der Waals surface area contributed by atoms with Gasteiger partial charge in [0, 0.05) is 18.6 Å². The van der Waals surface area contributed by atoms with Crippen LogP contribution in [0.2, 0.25) is 5.02 Å². The Morgan fingerprint density at radius 3 is 2.61 bits per heavy atom. The maximum atomic E-state index is 12.4. The van der Waals surface area contributed by atoms with Crippen LogP contribution in [0.25, 0.3) is 0 Å². The van der Waals surface area contributed by atoms with Gasteiger partial charge in [-0.15, -0.1) is 0 Å². The number of rotatable bonds is 6. The predicted octanol–water partition coefficient (Wildman–Crippen LogP) is 3.88. The average molecular weight is 332 g/mol. The Morgan fingerprint density at radius 1 is 1.30 bits per heavy atom. The molecule has 2 aromatic rings. The molecule has 0 fully saturated rings. The molecule has 120 valence electrons. The SMILES string of the molecule is C=CCOc1ccc(CN(C)C(=O)c2ccc(Cl)cc2O)cc1. The quantitative estimate of drug-likeness (QED) is 0.817. The first kappa shape index (κ1) is 16.9. The molecule has 1 amide bonds. The Bertz CT molecular complexity index is 698. The van der Waals surface area contributed by atoms with Crippen molar-refractivity contribution in [3.63, 3.8) is 0 Å². The lowest BCUT2D eigenvalue weighted by Crippen LogP contribution is -2.26. The van der Waals surface area contributed by atoms with E-state index in [4.69, 9.17) is 16.3 Å². The number of carbonyl (C=O) groups excluding carboxylic acids is 1. The second kappa shape index (κ2) is 7.70. The minimum Gasteiger partial charge on any atom is -0.507 e. The van der Waals surface area contributed by atoms with Crippen molar-refractivity contribution < 1.29 is 14.6 Å². The molecule has 0 spiro atoms. The molecule has 2 rings (SSSR count). The lowest BCUT2D eigenvalue weighted by atomic mass is 10.1. The van der Waals surface area contributed by atoms with Crippen molar-refractivity contribution in [1.29, 1.82) is 0 Å². The minimum atomic E-state index is -0.272. The van der Waals surface area contributed by atoms with Gasteiger partial charge in [0.2, 0.25) is 0 Å². The first-order valence-corrected chi connectivity index (χ1v) is 7.45. The van der Waals surface area contributed by atoms with Crippen molar-refractivity contribution in [2.24, 2.45) is 0 Å². The maximum absolute atomic E-state index is 12.4. The van der Waals surface area contributed by atoms with Gasteiger partial charge in [0.15, 0.2) is 0 Å². The van der Waals surface area contributed by atoms with Crippen molar-refractivity contribution in [2.75, 3.05) is 13.7 Å². The third-order valence-electron chi connectivity index (χ3n) is 3.25. The van der Waals surface area contributed by atoms with Gasteiger partial charge in [-0.3, -0.25) is 4.79 Å². The number of nitrogens with zero attached hydrogens (tertiary/aromatic N) is 1. The molecule has 0 aromatic heterocycles. The summed E-state index contributed by atoms with van der Waals surface area (Å²) in [6.45, 7) is 4.47. The van der Waals surface area contributed by atoms with Gasteiger partial charge in [0.1, 0.15) is 18.1 Å². The molecular formula is C18H18ClNO3. The zero-order chi connectivity index (χ0) is 16.8. The molecule has 1 N–H and O–H groups in total. The van der Waals surface area contributed by atoms with Crippen molar-refractivity contribution in [3.8, 4) is 11.5 Å². The normalized spacial score (nSPS) is 10.2. The van der Waals surface area contributed by atoms with E-state index in [9.17, 15) is 9.90 Å². The lowest BCUT2D eigenvalue weighted by Gasteiger charge is -2.18. The standard InChI is InChI=1S/C18H18ClNO3/c1-3-10-23-15-7-4-13(5-8-15)12-20(2)18(22)16-9-6-14(19)11-17(16)21/h3-9,11,21H,1,10,12H2,2H3. The highest BCUT2D eigenvalue weighted by atomic mass is 35.5. The summed E-state index contributed by atoms with van der Waals surface area (Å²) in [6, 6.07) is 11.9. The van der Waals surface area contributed by atoms with E-state index in [1.807, 2.05) is 24.3 Å². The van der Waals surface area contributed by atoms with Crippen LogP contribution in [-0.2, 0) is 6.54 Å². The number of aromatic hydroxyl groups is 1. The summed E-state index contributed by atoms with van der Waals surface area (Å²) in [6.07, 6.45) is 1.68. The summed E-state index contributed by atoms with van der Waals surface area (Å²) in [5, 5.41) is 10.2. The fourth-order valence-corrected chi connectivity index (χ4v) is 2.25. The Labute approximate surface area is 140 Å². The number of hydrogen-bond donors (Lipinski definition) is 1. The van der Waals surface area contributed by atoms with Crippen LogP contribution < -0.4 is 4.74 Å². The van der Waals surface area contributed by atoms with Crippen LogP contribution in [0, 0.1) is 0 Å². The summed E-state index contributed by atoms with van der Waals surface area (Å²) < 4.78 is 5.41. The van der Waals surface area contributed by atoms with Gasteiger partial charge in [0.05, 0.1) is 5.56 Å². The summed E-state index contributed by atoms with van der Waals surface area (Å²) in [5.41, 5.74) is 1.18. The van der Waals surface area contributed by atoms with E-state index in [-0.39, 0.29) is 17.2 Å². The van der Waals surface area contributed by atoms with Crippen LogP contribution in [-0.4, -0.2) is 29.6 Å². The molecule has 4 nitrogen and oxygen atoms in total. The molecule has 0 aliphatic carbocycles. The van der Waals surface area contributed by atoms with Crippen LogP contribution in [0.1, 0.15) is 15.9 Å². The van der Waals surface area contributed by atoms with Gasteiger partial charge >= 0.3 is 0 Å². The van der Waals surface area contributed by atoms with E-state index in [0.29, 0.717) is 18.2 Å². The van der Waals surface area contributed by atoms with Gasteiger partial charge in [-0.05, 0) is 35.9 Å². The Morgan fingerprint density at radius 2 is 2.00 bits per heavy atom. The average Bonchev–Trinajstić information content (AvgIpc) is 2.53. The highest BCUT2D eigenvalue weighted by Gasteiger charge is 2.16. The van der Waals surface area contributed by atoms with Gasteiger partial charge in [-0.2, -0.15) is 0 Å². The molecule has 0 unspecified atom stereocenters. The van der Waals surface area contributed by atoms with Crippen molar-refractivity contribution in [1.82, 2.24) is 4.90 Å². The molecule has 0 heterocycles. The number of phenolic OH excluding ortho intramolecular Hbond substituents is 1. The minimum absolute atomic E-state index is 0.123. The number of ether oxygens (including phenoxy) is 1. The van der Waals surface area contributed by atoms with Crippen molar-refractivity contribution >= 4 is 17.5 Å². The lowest BCUT2D eigenvalue weighted by molar-refractivity contribution is 0.0782. The Hall–Kier alpha value is -2.46. The molecule has 0 aliphatic rings. The molecule has 23 heavy (non-hydrogen) atoms. The highest BCUT2D eigenvalue weighted by molar-refractivity contribution is 6.30. The van der Waals surface area contributed by atoms with Crippen LogP contribution >= 0.6 is 11.6 Å². The monoisotopic (exact) mass is 331 g/mol. The van der Waals surface area contributed by atoms with Crippen LogP contribution in [0.15, 0.2) is 55.1 Å². The van der Waals surface area contributed by atoms with Crippen LogP contribution in [0.5, 0.6) is 11.5 Å². The topological polar surface area (TPSA) is 49.8 Å². The van der Waals surface area contributed by atoms with Crippen LogP contribution in [0.4, 0.5) is 0 Å². The molecule has 0 atom stereocenters. The Kier molecular flexibility index (Phi) is 5.66. The first-order chi connectivity index (χ1) is 11.0. The van der Waals surface area contributed by atoms with Crippen molar-refractivity contribution in [2.45, 2.75) is 6.54 Å². The number of hydrogen-bond acceptors (Lipinski definition) is 3. The molecule has 0 bridgehead atoms. The fraction of sp³-hybridized carbons (Fsp3) is 0.167. The zero-order valence-electron chi connectivity index (χ0n) is 12.8. The first-order valence-electron chi connectivity index (χ1n) is 7.08. The second-order valence-corrected chi connectivity index (χ2v) is 5.50. The number of amides is 1. The van der Waals surface area contributed by atoms with Crippen LogP contribution in [0.3, 0.4) is 0 Å². The van der Waals surface area contributed by atoms with E-state index in [0.717, 1.165) is 11.3 Å². The summed E-state index contributed by atoms with van der Waals surface area (Å²) >= 11 is 5.78. The summed E-state index contributed by atoms with van der Waals surface area (Å²) in [4.78, 5) is 13.9. The molecule has 0 saturated carbocycles. The highest BCUT2D eigenvalue weighted by Crippen LogP contribution is 2.23. The van der Waals surface area contributed by atoms with E-state index >= 15 is 0 Å². The molecule has 5 heteroatoms. The molecule has 0 radical (unpaired) electrons. The largest absolute Gasteiger partial charge is 0.507 e. The van der Waals surface area contributed by atoms with E-state index in [1.165, 1.54) is 17.0 Å². The predicted molar refractivity (Wildman–Crippen MR) is 91.0 cm³/mol. The van der Waals surface area contributed by atoms with Gasteiger partial charge in [-0.25, -0.2) is 0 Å². The smallest absolute Gasteiger partial charge is 0.257 e. The third kappa shape index (κ3) is 4.50. The molecule has 0 aliphatic heterocycles. The molecule has 2 aromatic carbocycles. The number of benzene rings is 2. The van der Waals surface area contributed by atoms with E-state index in [2.05, 4.69) is 6.58 Å². The van der Waals surface area contributed by atoms with E-state index < -0.39 is 0 Å². The number of halogens is 1. The summed E-state index contributed by atoms with van der Waals surface area (Å²) in [7, 11) is 1.68. The fourth-order valence-electron chi connectivity index (χ4n) is 2.08. The van der Waals surface area contributed by atoms with Gasteiger partial charge < -0.3 is 14.7 Å². The molecular weight excluding hydrogens is 314 g/mol.